The fourth-order valence-corrected chi connectivity index (χ4v) is 3.90. The minimum absolute atomic E-state index is 0.0169. The van der Waals surface area contributed by atoms with Crippen LogP contribution in [0.4, 0.5) is 14.5 Å². The quantitative estimate of drug-likeness (QED) is 0.593. The van der Waals surface area contributed by atoms with Crippen molar-refractivity contribution in [1.29, 1.82) is 0 Å². The molecule has 3 aromatic rings. The molecule has 0 radical (unpaired) electrons. The SMILES string of the molecule is CC(CCO)n1c(=NC(=O)c2cccc(C(F)F)c2)[nH]c2cc(N3CCOCC3=O)ccc21. The molecular formula is C23H24F2N4O4. The summed E-state index contributed by atoms with van der Waals surface area (Å²) < 4.78 is 33.0. The number of hydrogen-bond acceptors (Lipinski definition) is 4. The highest BCUT2D eigenvalue weighted by Gasteiger charge is 2.22. The number of imidazole rings is 1. The molecule has 4 rings (SSSR count). The van der Waals surface area contributed by atoms with Crippen LogP contribution in [-0.4, -0.2) is 52.8 Å². The maximum atomic E-state index is 13.0. The van der Waals surface area contributed by atoms with Gasteiger partial charge in [-0.3, -0.25) is 9.59 Å². The molecule has 8 nitrogen and oxygen atoms in total. The molecule has 174 valence electrons. The Morgan fingerprint density at radius 2 is 2.09 bits per heavy atom. The van der Waals surface area contributed by atoms with Gasteiger partial charge in [0.2, 0.25) is 5.62 Å². The number of carbonyl (C=O) groups excluding carboxylic acids is 2. The van der Waals surface area contributed by atoms with Crippen LogP contribution in [0, 0.1) is 0 Å². The number of alkyl halides is 2. The number of benzene rings is 2. The van der Waals surface area contributed by atoms with Crippen LogP contribution in [0.1, 0.15) is 41.7 Å². The minimum atomic E-state index is -2.69. The monoisotopic (exact) mass is 458 g/mol. The number of carbonyl (C=O) groups is 2. The Morgan fingerprint density at radius 1 is 1.27 bits per heavy atom. The van der Waals surface area contributed by atoms with Gasteiger partial charge in [-0.15, -0.1) is 0 Å². The van der Waals surface area contributed by atoms with Crippen molar-refractivity contribution >= 4 is 28.5 Å². The lowest BCUT2D eigenvalue weighted by Crippen LogP contribution is -2.41. The van der Waals surface area contributed by atoms with Gasteiger partial charge in [0.1, 0.15) is 6.61 Å². The molecule has 1 aliphatic rings. The number of hydrogen-bond donors (Lipinski definition) is 2. The smallest absolute Gasteiger partial charge is 0.280 e. The largest absolute Gasteiger partial charge is 0.396 e. The molecule has 1 atom stereocenters. The number of rotatable bonds is 6. The molecule has 1 unspecified atom stereocenters. The summed E-state index contributed by atoms with van der Waals surface area (Å²) in [7, 11) is 0. The Hall–Kier alpha value is -3.37. The summed E-state index contributed by atoms with van der Waals surface area (Å²) >= 11 is 0. The molecule has 1 fully saturated rings. The Bertz CT molecular complexity index is 1250. The van der Waals surface area contributed by atoms with Crippen molar-refractivity contribution in [3.05, 3.63) is 59.2 Å². The number of nitrogens with one attached hydrogen (secondary N) is 1. The van der Waals surface area contributed by atoms with E-state index in [2.05, 4.69) is 9.98 Å². The van der Waals surface area contributed by atoms with Gasteiger partial charge in [0.15, 0.2) is 0 Å². The lowest BCUT2D eigenvalue weighted by Gasteiger charge is -2.26. The van der Waals surface area contributed by atoms with Gasteiger partial charge in [0, 0.05) is 36.0 Å². The number of fused-ring (bicyclic) bond motifs is 1. The summed E-state index contributed by atoms with van der Waals surface area (Å²) in [6.45, 7) is 2.70. The Morgan fingerprint density at radius 3 is 2.82 bits per heavy atom. The number of nitrogens with zero attached hydrogens (tertiary/aromatic N) is 3. The molecule has 33 heavy (non-hydrogen) atoms. The van der Waals surface area contributed by atoms with Crippen LogP contribution >= 0.6 is 0 Å². The van der Waals surface area contributed by atoms with Gasteiger partial charge < -0.3 is 24.3 Å². The summed E-state index contributed by atoms with van der Waals surface area (Å²) in [5.41, 5.74) is 2.07. The second kappa shape index (κ2) is 9.63. The van der Waals surface area contributed by atoms with E-state index in [1.165, 1.54) is 18.2 Å². The second-order valence-corrected chi connectivity index (χ2v) is 7.82. The molecule has 1 saturated heterocycles. The third-order valence-electron chi connectivity index (χ3n) is 5.59. The third kappa shape index (κ3) is 4.71. The van der Waals surface area contributed by atoms with E-state index in [-0.39, 0.29) is 41.9 Å². The van der Waals surface area contributed by atoms with Gasteiger partial charge >= 0.3 is 0 Å². The van der Waals surface area contributed by atoms with Crippen molar-refractivity contribution in [2.75, 3.05) is 31.3 Å². The lowest BCUT2D eigenvalue weighted by atomic mass is 10.1. The second-order valence-electron chi connectivity index (χ2n) is 7.82. The number of aliphatic hydroxyl groups excluding tert-OH is 1. The van der Waals surface area contributed by atoms with Crippen molar-refractivity contribution in [3.63, 3.8) is 0 Å². The molecule has 0 aliphatic carbocycles. The number of ether oxygens (including phenoxy) is 1. The van der Waals surface area contributed by atoms with Crippen LogP contribution in [0.2, 0.25) is 0 Å². The Labute approximate surface area is 188 Å². The number of aromatic nitrogens is 2. The highest BCUT2D eigenvalue weighted by Crippen LogP contribution is 2.24. The molecule has 2 amide bonds. The highest BCUT2D eigenvalue weighted by molar-refractivity contribution is 5.97. The number of aliphatic hydroxyl groups is 1. The van der Waals surface area contributed by atoms with E-state index in [0.717, 1.165) is 11.6 Å². The van der Waals surface area contributed by atoms with Gasteiger partial charge in [-0.25, -0.2) is 8.78 Å². The average Bonchev–Trinajstić information content (AvgIpc) is 3.16. The van der Waals surface area contributed by atoms with E-state index in [9.17, 15) is 23.5 Å². The first kappa shape index (κ1) is 22.8. The normalized spacial score (nSPS) is 16.1. The van der Waals surface area contributed by atoms with Gasteiger partial charge in [-0.05, 0) is 43.7 Å². The maximum Gasteiger partial charge on any atom is 0.280 e. The predicted molar refractivity (Wildman–Crippen MR) is 117 cm³/mol. The van der Waals surface area contributed by atoms with E-state index >= 15 is 0 Å². The molecule has 2 aromatic carbocycles. The molecular weight excluding hydrogens is 434 g/mol. The van der Waals surface area contributed by atoms with Crippen molar-refractivity contribution in [2.45, 2.75) is 25.8 Å². The molecule has 0 bridgehead atoms. The number of halogens is 2. The summed E-state index contributed by atoms with van der Waals surface area (Å²) in [5, 5.41) is 9.44. The molecule has 1 aliphatic heterocycles. The average molecular weight is 458 g/mol. The number of H-pyrrole nitrogens is 1. The van der Waals surface area contributed by atoms with Crippen LogP contribution in [0.3, 0.4) is 0 Å². The first-order valence-electron chi connectivity index (χ1n) is 10.6. The van der Waals surface area contributed by atoms with Gasteiger partial charge in [0.25, 0.3) is 18.2 Å². The molecule has 1 aromatic heterocycles. The molecule has 10 heteroatoms. The Kier molecular flexibility index (Phi) is 6.66. The zero-order valence-corrected chi connectivity index (χ0v) is 18.0. The number of aromatic amines is 1. The van der Waals surface area contributed by atoms with Crippen LogP contribution in [0.15, 0.2) is 47.5 Å². The fourth-order valence-electron chi connectivity index (χ4n) is 3.90. The van der Waals surface area contributed by atoms with E-state index in [1.54, 1.807) is 21.6 Å². The van der Waals surface area contributed by atoms with Crippen LogP contribution < -0.4 is 10.5 Å². The van der Waals surface area contributed by atoms with E-state index in [0.29, 0.717) is 30.8 Å². The van der Waals surface area contributed by atoms with E-state index < -0.39 is 12.3 Å². The first-order chi connectivity index (χ1) is 15.9. The minimum Gasteiger partial charge on any atom is -0.396 e. The van der Waals surface area contributed by atoms with Gasteiger partial charge in [0.05, 0.1) is 17.6 Å². The summed E-state index contributed by atoms with van der Waals surface area (Å²) in [6, 6.07) is 10.4. The van der Waals surface area contributed by atoms with Crippen LogP contribution in [0.25, 0.3) is 11.0 Å². The summed E-state index contributed by atoms with van der Waals surface area (Å²) in [6.07, 6.45) is -2.28. The van der Waals surface area contributed by atoms with Gasteiger partial charge in [-0.2, -0.15) is 4.99 Å². The van der Waals surface area contributed by atoms with Crippen molar-refractivity contribution in [2.24, 2.45) is 4.99 Å². The molecule has 0 spiro atoms. The van der Waals surface area contributed by atoms with Crippen LogP contribution in [0.5, 0.6) is 0 Å². The number of morpholine rings is 1. The van der Waals surface area contributed by atoms with Crippen LogP contribution in [-0.2, 0) is 9.53 Å². The molecule has 0 saturated carbocycles. The lowest BCUT2D eigenvalue weighted by molar-refractivity contribution is -0.125. The Balaban J connectivity index is 1.80. The van der Waals surface area contributed by atoms with Gasteiger partial charge in [-0.1, -0.05) is 12.1 Å². The number of amides is 2. The van der Waals surface area contributed by atoms with Crippen molar-refractivity contribution < 1.29 is 28.2 Å². The fraction of sp³-hybridized carbons (Fsp3) is 0.348. The molecule has 2 heterocycles. The highest BCUT2D eigenvalue weighted by atomic mass is 19.3. The van der Waals surface area contributed by atoms with E-state index in [4.69, 9.17) is 4.74 Å². The van der Waals surface area contributed by atoms with Crippen molar-refractivity contribution in [1.82, 2.24) is 9.55 Å². The predicted octanol–water partition coefficient (Wildman–Crippen LogP) is 2.95. The number of anilines is 1. The standard InChI is InChI=1S/C23H24F2N4O4/c1-14(7-9-30)29-19-6-5-17(28-8-10-33-13-20(28)31)12-18(19)26-23(29)27-22(32)16-4-2-3-15(11-16)21(24)25/h2-6,11-12,14,21,30H,7-10,13H2,1H3,(H,26,27,32). The third-order valence-corrected chi connectivity index (χ3v) is 5.59. The summed E-state index contributed by atoms with van der Waals surface area (Å²) in [5.74, 6) is -0.815. The van der Waals surface area contributed by atoms with Crippen molar-refractivity contribution in [3.8, 4) is 0 Å². The maximum absolute atomic E-state index is 13.0. The molecule has 2 N–H and O–H groups in total. The topological polar surface area (TPSA) is 99.9 Å². The zero-order valence-electron chi connectivity index (χ0n) is 18.0. The zero-order chi connectivity index (χ0) is 23.5. The summed E-state index contributed by atoms with van der Waals surface area (Å²) in [4.78, 5) is 33.9. The first-order valence-corrected chi connectivity index (χ1v) is 10.6. The van der Waals surface area contributed by atoms with E-state index in [1.807, 2.05) is 13.0 Å².